The quantitative estimate of drug-likeness (QED) is 0.0671. The molecule has 8 N–H and O–H groups in total. The molecule has 0 bridgehead atoms. The summed E-state index contributed by atoms with van der Waals surface area (Å²) in [4.78, 5) is 23.9. The van der Waals surface area contributed by atoms with Crippen molar-refractivity contribution in [1.29, 1.82) is 0 Å². The van der Waals surface area contributed by atoms with E-state index in [0.29, 0.717) is 31.1 Å². The van der Waals surface area contributed by atoms with Gasteiger partial charge in [-0.05, 0) is 90.7 Å². The number of nitrogens with two attached hydrogens (primary N) is 3. The molecule has 0 amide bonds. The second-order valence-corrected chi connectivity index (χ2v) is 14.7. The molecule has 50 heavy (non-hydrogen) atoms. The van der Waals surface area contributed by atoms with Gasteiger partial charge in [-0.1, -0.05) is 66.7 Å². The fraction of sp³-hybridized carbons (Fsp3) is 0.486. The highest BCUT2D eigenvalue weighted by Gasteiger charge is 2.32. The van der Waals surface area contributed by atoms with Gasteiger partial charge in [-0.15, -0.1) is 13.2 Å². The molecular weight excluding hydrogens is 645 g/mol. The molecule has 274 valence electrons. The van der Waals surface area contributed by atoms with Gasteiger partial charge < -0.3 is 32.2 Å². The standard InChI is InChI=1S/C21H29N7O.C16H24F3NO/c1-21(2,3)17-11-15-13-28(20(29)27-18(15)26-17)16-7-5-14(6-8-16)12-24-9-4-10-25-19(22)23;1-11(5-6-20)7-12-8-13(15(2,3)4)10-14(9-12)21-16(17,18)19/h5-8,11,13,24H,4,9-10,12H2,1-3H3,(H4,22,23,25)(H,26,27,29);8-11H,5-7,20H2,1-4H3. The highest BCUT2D eigenvalue weighted by atomic mass is 19.4. The molecule has 0 fully saturated rings. The van der Waals surface area contributed by atoms with Crippen molar-refractivity contribution < 1.29 is 17.9 Å². The monoisotopic (exact) mass is 698 g/mol. The maximum absolute atomic E-state index is 12.5. The van der Waals surface area contributed by atoms with E-state index in [1.54, 1.807) is 4.57 Å². The van der Waals surface area contributed by atoms with Crippen molar-refractivity contribution in [3.05, 3.63) is 87.6 Å². The van der Waals surface area contributed by atoms with Crippen LogP contribution in [0.15, 0.2) is 64.5 Å². The Morgan fingerprint density at radius 3 is 2.26 bits per heavy atom. The molecule has 0 saturated carbocycles. The number of alkyl halides is 3. The summed E-state index contributed by atoms with van der Waals surface area (Å²) in [7, 11) is 0. The maximum atomic E-state index is 12.5. The molecule has 0 aliphatic heterocycles. The van der Waals surface area contributed by atoms with Gasteiger partial charge in [0.05, 0.1) is 5.69 Å². The molecule has 10 nitrogen and oxygen atoms in total. The van der Waals surface area contributed by atoms with Crippen LogP contribution in [0.5, 0.6) is 5.75 Å². The van der Waals surface area contributed by atoms with Crippen LogP contribution < -0.4 is 32.9 Å². The Labute approximate surface area is 292 Å². The van der Waals surface area contributed by atoms with Crippen LogP contribution in [0.25, 0.3) is 16.7 Å². The number of nitrogens with one attached hydrogen (secondary N) is 2. The van der Waals surface area contributed by atoms with E-state index in [1.165, 1.54) is 12.1 Å². The predicted octanol–water partition coefficient (Wildman–Crippen LogP) is 6.17. The van der Waals surface area contributed by atoms with Crippen molar-refractivity contribution >= 4 is 17.0 Å². The van der Waals surface area contributed by atoms with Crippen molar-refractivity contribution in [3.63, 3.8) is 0 Å². The van der Waals surface area contributed by atoms with Gasteiger partial charge in [0.25, 0.3) is 0 Å². The summed E-state index contributed by atoms with van der Waals surface area (Å²) in [6.45, 7) is 17.1. The maximum Gasteiger partial charge on any atom is 0.573 e. The van der Waals surface area contributed by atoms with Crippen LogP contribution in [-0.4, -0.2) is 46.5 Å². The molecule has 4 aromatic rings. The van der Waals surface area contributed by atoms with Crippen LogP contribution in [0.1, 0.15) is 83.7 Å². The van der Waals surface area contributed by atoms with Crippen LogP contribution in [0.2, 0.25) is 0 Å². The number of aliphatic imine (C=N–C) groups is 1. The number of halogens is 3. The molecule has 1 atom stereocenters. The average Bonchev–Trinajstić information content (AvgIpc) is 3.41. The molecular formula is C37H53F3N8O2. The summed E-state index contributed by atoms with van der Waals surface area (Å²) in [6.07, 6.45) is -0.432. The Kier molecular flexibility index (Phi) is 13.7. The highest BCUT2D eigenvalue weighted by molar-refractivity contribution is 5.76. The Balaban J connectivity index is 0.000000286. The second kappa shape index (κ2) is 17.0. The van der Waals surface area contributed by atoms with Gasteiger partial charge in [0.2, 0.25) is 0 Å². The zero-order valence-corrected chi connectivity index (χ0v) is 30.2. The molecule has 0 spiro atoms. The SMILES string of the molecule is CC(C)(C)c1cc2cn(-c3ccc(CNCCCN=C(N)N)cc3)c(=O)nc2[nH]1.CC(CCN)Cc1cc(OC(F)(F)F)cc(C(C)(C)C)c1. The molecule has 0 aliphatic carbocycles. The largest absolute Gasteiger partial charge is 0.573 e. The summed E-state index contributed by atoms with van der Waals surface area (Å²) in [5.41, 5.74) is 20.8. The fourth-order valence-electron chi connectivity index (χ4n) is 5.20. The van der Waals surface area contributed by atoms with Gasteiger partial charge in [-0.25, -0.2) is 4.79 Å². The van der Waals surface area contributed by atoms with Crippen molar-refractivity contribution in [2.45, 2.75) is 91.5 Å². The number of aromatic nitrogens is 3. The number of nitrogens with zero attached hydrogens (tertiary/aromatic N) is 3. The highest BCUT2D eigenvalue weighted by Crippen LogP contribution is 2.32. The summed E-state index contributed by atoms with van der Waals surface area (Å²) in [6, 6.07) is 14.8. The molecule has 2 aromatic carbocycles. The number of H-pyrrole nitrogens is 1. The fourth-order valence-corrected chi connectivity index (χ4v) is 5.20. The third kappa shape index (κ3) is 12.8. The summed E-state index contributed by atoms with van der Waals surface area (Å²) < 4.78 is 43.0. The number of rotatable bonds is 12. The minimum absolute atomic E-state index is 0.0352. The van der Waals surface area contributed by atoms with Crippen molar-refractivity contribution in [1.82, 2.24) is 19.9 Å². The van der Waals surface area contributed by atoms with Gasteiger partial charge in [0.15, 0.2) is 5.96 Å². The van der Waals surface area contributed by atoms with Crippen LogP contribution in [0.3, 0.4) is 0 Å². The van der Waals surface area contributed by atoms with E-state index in [0.717, 1.165) is 59.4 Å². The Morgan fingerprint density at radius 1 is 1.00 bits per heavy atom. The van der Waals surface area contributed by atoms with Crippen molar-refractivity contribution in [3.8, 4) is 11.4 Å². The minimum Gasteiger partial charge on any atom is -0.406 e. The third-order valence-corrected chi connectivity index (χ3v) is 7.98. The lowest BCUT2D eigenvalue weighted by atomic mass is 9.85. The van der Waals surface area contributed by atoms with Gasteiger partial charge >= 0.3 is 12.1 Å². The van der Waals surface area contributed by atoms with Crippen LogP contribution in [0, 0.1) is 5.92 Å². The first-order valence-corrected chi connectivity index (χ1v) is 16.8. The molecule has 13 heteroatoms. The van der Waals surface area contributed by atoms with Crippen LogP contribution >= 0.6 is 0 Å². The lowest BCUT2D eigenvalue weighted by Gasteiger charge is -2.22. The topological polar surface area (TPSA) is 162 Å². The number of guanidine groups is 1. The number of ether oxygens (including phenoxy) is 1. The van der Waals surface area contributed by atoms with Gasteiger partial charge in [-0.2, -0.15) is 4.98 Å². The van der Waals surface area contributed by atoms with Gasteiger partial charge in [0, 0.05) is 35.8 Å². The molecule has 2 aromatic heterocycles. The Bertz CT molecular complexity index is 1760. The molecule has 0 radical (unpaired) electrons. The first-order valence-electron chi connectivity index (χ1n) is 16.8. The molecule has 0 saturated heterocycles. The number of hydrogen-bond donors (Lipinski definition) is 5. The lowest BCUT2D eigenvalue weighted by Crippen LogP contribution is -2.23. The van der Waals surface area contributed by atoms with E-state index < -0.39 is 6.36 Å². The predicted molar refractivity (Wildman–Crippen MR) is 196 cm³/mol. The van der Waals surface area contributed by atoms with E-state index in [4.69, 9.17) is 17.2 Å². The summed E-state index contributed by atoms with van der Waals surface area (Å²) >= 11 is 0. The smallest absolute Gasteiger partial charge is 0.406 e. The van der Waals surface area contributed by atoms with Crippen LogP contribution in [-0.2, 0) is 23.8 Å². The number of fused-ring (bicyclic) bond motifs is 1. The normalized spacial score (nSPS) is 12.7. The Morgan fingerprint density at radius 2 is 1.68 bits per heavy atom. The third-order valence-electron chi connectivity index (χ3n) is 7.98. The lowest BCUT2D eigenvalue weighted by molar-refractivity contribution is -0.274. The van der Waals surface area contributed by atoms with Crippen molar-refractivity contribution in [2.75, 3.05) is 19.6 Å². The van der Waals surface area contributed by atoms with E-state index >= 15 is 0 Å². The molecule has 2 heterocycles. The summed E-state index contributed by atoms with van der Waals surface area (Å²) in [5, 5.41) is 4.27. The van der Waals surface area contributed by atoms with E-state index in [1.807, 2.05) is 64.2 Å². The Hall–Kier alpha value is -4.36. The molecule has 0 aliphatic rings. The van der Waals surface area contributed by atoms with Gasteiger partial charge in [0.1, 0.15) is 11.4 Å². The van der Waals surface area contributed by atoms with E-state index in [-0.39, 0.29) is 28.2 Å². The van der Waals surface area contributed by atoms with Gasteiger partial charge in [-0.3, -0.25) is 9.56 Å². The molecule has 1 unspecified atom stereocenters. The first-order chi connectivity index (χ1) is 23.2. The van der Waals surface area contributed by atoms with E-state index in [9.17, 15) is 18.0 Å². The first kappa shape index (κ1) is 40.1. The minimum atomic E-state index is -4.67. The number of hydrogen-bond acceptors (Lipinski definition) is 6. The second-order valence-electron chi connectivity index (χ2n) is 14.7. The summed E-state index contributed by atoms with van der Waals surface area (Å²) in [5.74, 6) is 0.298. The van der Waals surface area contributed by atoms with E-state index in [2.05, 4.69) is 51.9 Å². The zero-order chi connectivity index (χ0) is 37.3. The number of aromatic amines is 1. The number of benzene rings is 2. The van der Waals surface area contributed by atoms with Crippen LogP contribution in [0.4, 0.5) is 13.2 Å². The molecule has 4 rings (SSSR count). The zero-order valence-electron chi connectivity index (χ0n) is 30.2. The average molecular weight is 699 g/mol. The van der Waals surface area contributed by atoms with Crippen molar-refractivity contribution in [2.24, 2.45) is 28.1 Å².